The molecule has 1 rings (SSSR count). The van der Waals surface area contributed by atoms with Crippen molar-refractivity contribution in [3.05, 3.63) is 0 Å². The molecule has 0 saturated heterocycles. The fourth-order valence-corrected chi connectivity index (χ4v) is 3.70. The molecule has 1 saturated carbocycles. The molecule has 1 aliphatic carbocycles. The molecular weight excluding hydrogens is 228 g/mol. The molecule has 5 heteroatoms. The van der Waals surface area contributed by atoms with Crippen LogP contribution in [0.4, 0.5) is 0 Å². The van der Waals surface area contributed by atoms with E-state index in [1.54, 1.807) is 6.92 Å². The third-order valence-electron chi connectivity index (χ3n) is 3.10. The van der Waals surface area contributed by atoms with Crippen molar-refractivity contribution >= 4 is 15.8 Å². The molecule has 0 aliphatic heterocycles. The molecule has 0 aromatic rings. The Kier molecular flexibility index (Phi) is 4.77. The van der Waals surface area contributed by atoms with Gasteiger partial charge in [0.1, 0.15) is 0 Å². The highest BCUT2D eigenvalue weighted by Gasteiger charge is 2.32. The van der Waals surface area contributed by atoms with Gasteiger partial charge in [0.15, 0.2) is 15.1 Å². The van der Waals surface area contributed by atoms with Gasteiger partial charge in [0.05, 0.1) is 12.4 Å². The van der Waals surface area contributed by atoms with Crippen molar-refractivity contribution in [3.8, 4) is 0 Å². The monoisotopic (exact) mass is 248 g/mol. The van der Waals surface area contributed by atoms with E-state index in [-0.39, 0.29) is 18.3 Å². The summed E-state index contributed by atoms with van der Waals surface area (Å²) in [6.07, 6.45) is 4.14. The first kappa shape index (κ1) is 13.5. The minimum Gasteiger partial charge on any atom is -0.465 e. The van der Waals surface area contributed by atoms with Gasteiger partial charge in [-0.05, 0) is 32.6 Å². The van der Waals surface area contributed by atoms with Gasteiger partial charge in [0, 0.05) is 0 Å². The number of carbonyl (C=O) groups is 1. The van der Waals surface area contributed by atoms with Gasteiger partial charge in [0.25, 0.3) is 0 Å². The van der Waals surface area contributed by atoms with Crippen molar-refractivity contribution in [2.45, 2.75) is 44.8 Å². The van der Waals surface area contributed by atoms with E-state index in [9.17, 15) is 13.2 Å². The average Bonchev–Trinajstić information content (AvgIpc) is 2.68. The first-order valence-corrected chi connectivity index (χ1v) is 7.57. The normalized spacial score (nSPS) is 19.6. The maximum Gasteiger partial charge on any atom is 0.324 e. The van der Waals surface area contributed by atoms with E-state index >= 15 is 0 Å². The largest absolute Gasteiger partial charge is 0.465 e. The average molecular weight is 248 g/mol. The van der Waals surface area contributed by atoms with Crippen LogP contribution in [0.25, 0.3) is 0 Å². The lowest BCUT2D eigenvalue weighted by Gasteiger charge is -2.14. The molecule has 16 heavy (non-hydrogen) atoms. The standard InChI is InChI=1S/C11H20O4S/c1-3-15-11(12)9(2)16(13,14)8-10-6-4-5-7-10/h9-10H,3-8H2,1-2H3. The molecule has 0 aromatic heterocycles. The third-order valence-corrected chi connectivity index (χ3v) is 5.31. The van der Waals surface area contributed by atoms with Gasteiger partial charge >= 0.3 is 5.97 Å². The zero-order valence-corrected chi connectivity index (χ0v) is 10.8. The molecule has 0 heterocycles. The quantitative estimate of drug-likeness (QED) is 0.692. The highest BCUT2D eigenvalue weighted by Crippen LogP contribution is 2.27. The topological polar surface area (TPSA) is 60.4 Å². The Morgan fingerprint density at radius 2 is 1.94 bits per heavy atom. The Balaban J connectivity index is 2.58. The smallest absolute Gasteiger partial charge is 0.324 e. The van der Waals surface area contributed by atoms with E-state index in [4.69, 9.17) is 4.74 Å². The number of hydrogen-bond donors (Lipinski definition) is 0. The predicted molar refractivity (Wildman–Crippen MR) is 61.8 cm³/mol. The summed E-state index contributed by atoms with van der Waals surface area (Å²) in [5.41, 5.74) is 0. The minimum atomic E-state index is -3.34. The summed E-state index contributed by atoms with van der Waals surface area (Å²) in [6, 6.07) is 0. The maximum atomic E-state index is 11.9. The molecule has 0 spiro atoms. The van der Waals surface area contributed by atoms with Crippen LogP contribution in [0.5, 0.6) is 0 Å². The molecule has 1 unspecified atom stereocenters. The SMILES string of the molecule is CCOC(=O)C(C)S(=O)(=O)CC1CCCC1. The second kappa shape index (κ2) is 5.66. The Hall–Kier alpha value is -0.580. The lowest BCUT2D eigenvalue weighted by atomic mass is 10.1. The van der Waals surface area contributed by atoms with E-state index in [0.717, 1.165) is 25.7 Å². The van der Waals surface area contributed by atoms with Crippen molar-refractivity contribution < 1.29 is 17.9 Å². The van der Waals surface area contributed by atoms with Crippen molar-refractivity contribution in [1.82, 2.24) is 0 Å². The summed E-state index contributed by atoms with van der Waals surface area (Å²) in [6.45, 7) is 3.32. The fourth-order valence-electron chi connectivity index (χ4n) is 2.06. The maximum absolute atomic E-state index is 11.9. The molecule has 4 nitrogen and oxygen atoms in total. The number of hydrogen-bond acceptors (Lipinski definition) is 4. The number of ether oxygens (including phenoxy) is 1. The second-order valence-corrected chi connectivity index (χ2v) is 6.74. The van der Waals surface area contributed by atoms with Crippen molar-refractivity contribution in [2.75, 3.05) is 12.4 Å². The second-order valence-electron chi connectivity index (χ2n) is 4.37. The van der Waals surface area contributed by atoms with Crippen LogP contribution in [0.3, 0.4) is 0 Å². The van der Waals surface area contributed by atoms with Gasteiger partial charge in [-0.25, -0.2) is 8.42 Å². The number of esters is 1. The summed E-state index contributed by atoms with van der Waals surface area (Å²) < 4.78 is 28.5. The molecule has 94 valence electrons. The van der Waals surface area contributed by atoms with Crippen LogP contribution >= 0.6 is 0 Å². The van der Waals surface area contributed by atoms with Gasteiger partial charge in [-0.2, -0.15) is 0 Å². The lowest BCUT2D eigenvalue weighted by molar-refractivity contribution is -0.142. The number of sulfone groups is 1. The van der Waals surface area contributed by atoms with Crippen LogP contribution in [-0.2, 0) is 19.4 Å². The van der Waals surface area contributed by atoms with Crippen LogP contribution in [0.15, 0.2) is 0 Å². The summed E-state index contributed by atoms with van der Waals surface area (Å²) >= 11 is 0. The highest BCUT2D eigenvalue weighted by atomic mass is 32.2. The molecule has 0 aromatic carbocycles. The van der Waals surface area contributed by atoms with Gasteiger partial charge in [-0.1, -0.05) is 12.8 Å². The van der Waals surface area contributed by atoms with Gasteiger partial charge in [-0.3, -0.25) is 4.79 Å². The van der Waals surface area contributed by atoms with Crippen molar-refractivity contribution in [3.63, 3.8) is 0 Å². The van der Waals surface area contributed by atoms with E-state index in [1.807, 2.05) is 0 Å². The van der Waals surface area contributed by atoms with E-state index in [0.29, 0.717) is 0 Å². The highest BCUT2D eigenvalue weighted by molar-refractivity contribution is 7.92. The first-order valence-electron chi connectivity index (χ1n) is 5.85. The van der Waals surface area contributed by atoms with Crippen LogP contribution in [0, 0.1) is 5.92 Å². The third kappa shape index (κ3) is 3.47. The molecule has 0 N–H and O–H groups in total. The first-order chi connectivity index (χ1) is 7.47. The zero-order valence-electron chi connectivity index (χ0n) is 9.94. The van der Waals surface area contributed by atoms with E-state index in [1.165, 1.54) is 6.92 Å². The molecule has 0 bridgehead atoms. The molecule has 1 aliphatic rings. The Morgan fingerprint density at radius 3 is 2.44 bits per heavy atom. The fraction of sp³-hybridized carbons (Fsp3) is 0.909. The Bertz CT molecular complexity index is 328. The van der Waals surface area contributed by atoms with E-state index < -0.39 is 21.1 Å². The van der Waals surface area contributed by atoms with Crippen LogP contribution in [0.1, 0.15) is 39.5 Å². The van der Waals surface area contributed by atoms with Crippen LogP contribution < -0.4 is 0 Å². The lowest BCUT2D eigenvalue weighted by Crippen LogP contribution is -2.32. The number of rotatable bonds is 5. The Morgan fingerprint density at radius 1 is 1.38 bits per heavy atom. The minimum absolute atomic E-state index is 0.132. The summed E-state index contributed by atoms with van der Waals surface area (Å²) in [5.74, 6) is -0.255. The zero-order chi connectivity index (χ0) is 12.2. The molecule has 1 atom stereocenters. The summed E-state index contributed by atoms with van der Waals surface area (Å²) in [5, 5.41) is -1.02. The molecule has 1 fully saturated rings. The molecular formula is C11H20O4S. The predicted octanol–water partition coefficient (Wildman–Crippen LogP) is 1.54. The summed E-state index contributed by atoms with van der Waals surface area (Å²) in [4.78, 5) is 11.4. The van der Waals surface area contributed by atoms with Gasteiger partial charge in [-0.15, -0.1) is 0 Å². The van der Waals surface area contributed by atoms with Crippen LogP contribution in [-0.4, -0.2) is 32.0 Å². The Labute approximate surface area is 97.3 Å². The van der Waals surface area contributed by atoms with E-state index in [2.05, 4.69) is 0 Å². The number of carbonyl (C=O) groups excluding carboxylic acids is 1. The molecule has 0 amide bonds. The van der Waals surface area contributed by atoms with Gasteiger partial charge in [0.2, 0.25) is 0 Å². The molecule has 0 radical (unpaired) electrons. The van der Waals surface area contributed by atoms with Crippen molar-refractivity contribution in [1.29, 1.82) is 0 Å². The van der Waals surface area contributed by atoms with Gasteiger partial charge < -0.3 is 4.74 Å². The summed E-state index contributed by atoms with van der Waals surface area (Å²) in [7, 11) is -3.34. The van der Waals surface area contributed by atoms with Crippen molar-refractivity contribution in [2.24, 2.45) is 5.92 Å². The van der Waals surface area contributed by atoms with Crippen LogP contribution in [0.2, 0.25) is 0 Å².